The first kappa shape index (κ1) is 10.4. The van der Waals surface area contributed by atoms with Crippen molar-refractivity contribution in [3.05, 3.63) is 0 Å². The molecule has 3 aliphatic carbocycles. The number of rotatable bonds is 1. The van der Waals surface area contributed by atoms with Crippen molar-refractivity contribution in [1.29, 1.82) is 0 Å². The highest BCUT2D eigenvalue weighted by Crippen LogP contribution is 2.59. The van der Waals surface area contributed by atoms with Gasteiger partial charge in [0.05, 0.1) is 0 Å². The highest BCUT2D eigenvalue weighted by atomic mass is 32.2. The molecule has 5 atom stereocenters. The molecule has 0 heterocycles. The zero-order valence-corrected chi connectivity index (χ0v) is 10.8. The molecule has 5 unspecified atom stereocenters. The highest BCUT2D eigenvalue weighted by molar-refractivity contribution is 8.22. The minimum Gasteiger partial charge on any atom is -0.475 e. The third-order valence-electron chi connectivity index (χ3n) is 4.78. The van der Waals surface area contributed by atoms with E-state index in [2.05, 4.69) is 0 Å². The molecule has 3 fully saturated rings. The largest absolute Gasteiger partial charge is 0.475 e. The van der Waals surface area contributed by atoms with Crippen molar-refractivity contribution in [1.82, 2.24) is 0 Å². The first-order valence-corrected chi connectivity index (χ1v) is 7.67. The molecule has 0 N–H and O–H groups in total. The Morgan fingerprint density at radius 2 is 2.00 bits per heavy atom. The number of fused-ring (bicyclic) bond motifs is 5. The van der Waals surface area contributed by atoms with Crippen LogP contribution in [0, 0.1) is 23.7 Å². The third kappa shape index (κ3) is 1.62. The molecule has 0 aromatic carbocycles. The molecule has 0 radical (unpaired) electrons. The Labute approximate surface area is 101 Å². The van der Waals surface area contributed by atoms with Gasteiger partial charge in [-0.1, -0.05) is 18.2 Å². The van der Waals surface area contributed by atoms with E-state index >= 15 is 0 Å². The SMILES string of the molecule is CSC(=S)OC1CC2CC1C1CCCC21. The molecule has 3 saturated carbocycles. The van der Waals surface area contributed by atoms with Crippen LogP contribution in [0.15, 0.2) is 0 Å². The van der Waals surface area contributed by atoms with Crippen LogP contribution >= 0.6 is 24.0 Å². The minimum absolute atomic E-state index is 0.467. The van der Waals surface area contributed by atoms with Gasteiger partial charge in [0.1, 0.15) is 6.10 Å². The van der Waals surface area contributed by atoms with E-state index in [9.17, 15) is 0 Å². The second kappa shape index (κ2) is 3.92. The average Bonchev–Trinajstić information content (AvgIpc) is 2.87. The summed E-state index contributed by atoms with van der Waals surface area (Å²) in [5, 5.41) is 0. The van der Waals surface area contributed by atoms with Crippen LogP contribution in [-0.4, -0.2) is 16.7 Å². The molecule has 3 rings (SSSR count). The maximum atomic E-state index is 5.90. The Kier molecular flexibility index (Phi) is 2.72. The maximum Gasteiger partial charge on any atom is 0.219 e. The summed E-state index contributed by atoms with van der Waals surface area (Å²) in [6.07, 6.45) is 9.59. The van der Waals surface area contributed by atoms with Gasteiger partial charge in [-0.2, -0.15) is 0 Å². The first-order valence-electron chi connectivity index (χ1n) is 6.04. The fraction of sp³-hybridized carbons (Fsp3) is 0.917. The van der Waals surface area contributed by atoms with Crippen molar-refractivity contribution in [2.24, 2.45) is 23.7 Å². The van der Waals surface area contributed by atoms with Gasteiger partial charge < -0.3 is 4.74 Å². The van der Waals surface area contributed by atoms with Gasteiger partial charge in [0.2, 0.25) is 4.38 Å². The van der Waals surface area contributed by atoms with E-state index in [4.69, 9.17) is 17.0 Å². The van der Waals surface area contributed by atoms with Crippen LogP contribution in [0.1, 0.15) is 32.1 Å². The number of hydrogen-bond donors (Lipinski definition) is 0. The minimum atomic E-state index is 0.467. The standard InChI is InChI=1S/C12H18OS2/c1-15-12(14)13-11-6-7-5-10(11)9-4-2-3-8(7)9/h7-11H,2-6H2,1H3. The molecular weight excluding hydrogens is 224 g/mol. The topological polar surface area (TPSA) is 9.23 Å². The van der Waals surface area contributed by atoms with E-state index in [0.717, 1.165) is 28.1 Å². The molecule has 0 amide bonds. The zero-order chi connectivity index (χ0) is 10.4. The van der Waals surface area contributed by atoms with Crippen LogP contribution in [0.4, 0.5) is 0 Å². The molecule has 2 bridgehead atoms. The fourth-order valence-corrected chi connectivity index (χ4v) is 4.66. The summed E-state index contributed by atoms with van der Waals surface area (Å²) < 4.78 is 6.65. The van der Waals surface area contributed by atoms with Crippen LogP contribution in [0.3, 0.4) is 0 Å². The Hall–Kier alpha value is 0.240. The van der Waals surface area contributed by atoms with Gasteiger partial charge in [0.15, 0.2) is 0 Å². The molecule has 0 saturated heterocycles. The maximum absolute atomic E-state index is 5.90. The fourth-order valence-electron chi connectivity index (χ4n) is 4.31. The molecule has 0 aromatic rings. The predicted molar refractivity (Wildman–Crippen MR) is 68.0 cm³/mol. The lowest BCUT2D eigenvalue weighted by Gasteiger charge is -2.31. The van der Waals surface area contributed by atoms with Crippen LogP contribution in [0.5, 0.6) is 0 Å². The van der Waals surface area contributed by atoms with E-state index in [1.54, 1.807) is 11.8 Å². The van der Waals surface area contributed by atoms with Crippen LogP contribution in [0.25, 0.3) is 0 Å². The number of ether oxygens (including phenoxy) is 1. The van der Waals surface area contributed by atoms with Crippen LogP contribution in [-0.2, 0) is 4.74 Å². The molecule has 0 spiro atoms. The quantitative estimate of drug-likeness (QED) is 0.652. The molecule has 1 nitrogen and oxygen atoms in total. The predicted octanol–water partition coefficient (Wildman–Crippen LogP) is 3.48. The summed E-state index contributed by atoms with van der Waals surface area (Å²) >= 11 is 6.74. The Bertz CT molecular complexity index is 279. The Balaban J connectivity index is 1.68. The smallest absolute Gasteiger partial charge is 0.219 e. The Morgan fingerprint density at radius 3 is 2.80 bits per heavy atom. The van der Waals surface area contributed by atoms with Gasteiger partial charge in [0, 0.05) is 0 Å². The first-order chi connectivity index (χ1) is 7.29. The molecule has 84 valence electrons. The lowest BCUT2D eigenvalue weighted by molar-refractivity contribution is 0.0813. The lowest BCUT2D eigenvalue weighted by atomic mass is 9.80. The van der Waals surface area contributed by atoms with Crippen molar-refractivity contribution in [3.8, 4) is 0 Å². The second-order valence-electron chi connectivity index (χ2n) is 5.26. The summed E-state index contributed by atoms with van der Waals surface area (Å²) in [6.45, 7) is 0. The van der Waals surface area contributed by atoms with Crippen molar-refractivity contribution in [2.45, 2.75) is 38.2 Å². The number of thioether (sulfide) groups is 1. The molecular formula is C12H18OS2. The van der Waals surface area contributed by atoms with Crippen molar-refractivity contribution in [3.63, 3.8) is 0 Å². The van der Waals surface area contributed by atoms with Gasteiger partial charge >= 0.3 is 0 Å². The van der Waals surface area contributed by atoms with Crippen LogP contribution < -0.4 is 0 Å². The molecule has 3 aliphatic rings. The summed E-state index contributed by atoms with van der Waals surface area (Å²) in [4.78, 5) is 0. The van der Waals surface area contributed by atoms with Gasteiger partial charge in [0.25, 0.3) is 0 Å². The summed E-state index contributed by atoms with van der Waals surface area (Å²) in [5.41, 5.74) is 0. The van der Waals surface area contributed by atoms with Gasteiger partial charge in [-0.05, 0) is 67.8 Å². The van der Waals surface area contributed by atoms with Crippen molar-refractivity contribution >= 4 is 28.4 Å². The molecule has 0 aromatic heterocycles. The van der Waals surface area contributed by atoms with E-state index in [1.807, 2.05) is 6.26 Å². The zero-order valence-electron chi connectivity index (χ0n) is 9.15. The molecule has 0 aliphatic heterocycles. The van der Waals surface area contributed by atoms with Gasteiger partial charge in [-0.25, -0.2) is 0 Å². The Morgan fingerprint density at radius 1 is 1.20 bits per heavy atom. The lowest BCUT2D eigenvalue weighted by Crippen LogP contribution is -2.31. The van der Waals surface area contributed by atoms with E-state index < -0.39 is 0 Å². The average molecular weight is 242 g/mol. The second-order valence-corrected chi connectivity index (χ2v) is 6.67. The van der Waals surface area contributed by atoms with Gasteiger partial charge in [-0.15, -0.1) is 0 Å². The molecule has 3 heteroatoms. The van der Waals surface area contributed by atoms with Gasteiger partial charge in [-0.3, -0.25) is 0 Å². The number of thiocarbonyl (C=S) groups is 1. The van der Waals surface area contributed by atoms with Crippen molar-refractivity contribution < 1.29 is 4.74 Å². The highest BCUT2D eigenvalue weighted by Gasteiger charge is 2.54. The van der Waals surface area contributed by atoms with E-state index in [-0.39, 0.29) is 0 Å². The number of hydrogen-bond acceptors (Lipinski definition) is 3. The normalized spacial score (nSPS) is 46.9. The van der Waals surface area contributed by atoms with Crippen molar-refractivity contribution in [2.75, 3.05) is 6.26 Å². The summed E-state index contributed by atoms with van der Waals surface area (Å²) in [7, 11) is 0. The molecule has 15 heavy (non-hydrogen) atoms. The third-order valence-corrected chi connectivity index (χ3v) is 5.81. The summed E-state index contributed by atoms with van der Waals surface area (Å²) in [6, 6.07) is 0. The van der Waals surface area contributed by atoms with E-state index in [1.165, 1.54) is 32.1 Å². The summed E-state index contributed by atoms with van der Waals surface area (Å²) in [5.74, 6) is 3.85. The van der Waals surface area contributed by atoms with Crippen LogP contribution in [0.2, 0.25) is 0 Å². The van der Waals surface area contributed by atoms with E-state index in [0.29, 0.717) is 6.10 Å². The monoisotopic (exact) mass is 242 g/mol.